The van der Waals surface area contributed by atoms with Gasteiger partial charge in [-0.1, -0.05) is 42.7 Å². The second-order valence-corrected chi connectivity index (χ2v) is 8.10. The molecule has 0 unspecified atom stereocenters. The van der Waals surface area contributed by atoms with E-state index in [-0.39, 0.29) is 34.4 Å². The van der Waals surface area contributed by atoms with E-state index in [9.17, 15) is 9.18 Å². The molecule has 0 saturated heterocycles. The van der Waals surface area contributed by atoms with Crippen molar-refractivity contribution >= 4 is 17.5 Å². The number of hydrogen-bond acceptors (Lipinski definition) is 5. The van der Waals surface area contributed by atoms with Gasteiger partial charge >= 0.3 is 0 Å². The van der Waals surface area contributed by atoms with Gasteiger partial charge in [-0.25, -0.2) is 4.39 Å². The second kappa shape index (κ2) is 7.65. The van der Waals surface area contributed by atoms with Crippen molar-refractivity contribution in [2.24, 2.45) is 0 Å². The maximum Gasteiger partial charge on any atom is 0.257 e. The number of carbonyl (C=O) groups excluding carboxylic acids is 1. The Bertz CT molecular complexity index is 1110. The highest BCUT2D eigenvalue weighted by atomic mass is 35.5. The van der Waals surface area contributed by atoms with Crippen LogP contribution >= 0.6 is 11.6 Å². The first kappa shape index (κ1) is 20.2. The van der Waals surface area contributed by atoms with E-state index >= 15 is 0 Å². The molecular formula is C22H20ClFN2O4. The molecule has 0 fully saturated rings. The number of nitrogens with zero attached hydrogens (tertiary/aromatic N) is 1. The highest BCUT2D eigenvalue weighted by Gasteiger charge is 2.28. The molecule has 1 aliphatic heterocycles. The first-order chi connectivity index (χ1) is 14.3. The van der Waals surface area contributed by atoms with Crippen molar-refractivity contribution in [1.82, 2.24) is 10.5 Å². The number of nitrogens with one attached hydrogen (secondary N) is 1. The van der Waals surface area contributed by atoms with E-state index in [1.165, 1.54) is 18.2 Å². The van der Waals surface area contributed by atoms with Gasteiger partial charge in [-0.3, -0.25) is 4.79 Å². The minimum atomic E-state index is -0.578. The Labute approximate surface area is 177 Å². The van der Waals surface area contributed by atoms with Crippen LogP contribution in [-0.4, -0.2) is 24.4 Å². The largest absolute Gasteiger partial charge is 0.454 e. The molecule has 8 heteroatoms. The first-order valence-corrected chi connectivity index (χ1v) is 9.75. The molecule has 0 atom stereocenters. The average molecular weight is 431 g/mol. The van der Waals surface area contributed by atoms with Crippen LogP contribution in [0.4, 0.5) is 4.39 Å². The van der Waals surface area contributed by atoms with Crippen LogP contribution in [0.1, 0.15) is 35.5 Å². The molecule has 1 aromatic heterocycles. The molecule has 3 aromatic rings. The number of aryl methyl sites for hydroxylation is 1. The van der Waals surface area contributed by atoms with Crippen molar-refractivity contribution < 1.29 is 23.2 Å². The van der Waals surface area contributed by atoms with Crippen LogP contribution in [0.3, 0.4) is 0 Å². The Balaban J connectivity index is 1.57. The molecule has 1 amide bonds. The SMILES string of the molecule is Cc1onc(-c2c(F)cccc2Cl)c1C(=O)NCC(C)(C)c1ccc2c(c1)OCO2. The molecule has 4 rings (SSSR count). The van der Waals surface area contributed by atoms with Crippen molar-refractivity contribution in [3.05, 3.63) is 64.1 Å². The highest BCUT2D eigenvalue weighted by Crippen LogP contribution is 2.37. The Morgan fingerprint density at radius 2 is 2.00 bits per heavy atom. The summed E-state index contributed by atoms with van der Waals surface area (Å²) >= 11 is 6.15. The molecule has 2 aromatic carbocycles. The third kappa shape index (κ3) is 3.61. The van der Waals surface area contributed by atoms with E-state index < -0.39 is 17.1 Å². The fraction of sp³-hybridized carbons (Fsp3) is 0.273. The molecular weight excluding hydrogens is 411 g/mol. The number of rotatable bonds is 5. The van der Waals surface area contributed by atoms with Gasteiger partial charge in [0.25, 0.3) is 5.91 Å². The van der Waals surface area contributed by atoms with Gasteiger partial charge in [0.15, 0.2) is 11.5 Å². The average Bonchev–Trinajstić information content (AvgIpc) is 3.32. The van der Waals surface area contributed by atoms with Crippen molar-refractivity contribution in [3.8, 4) is 22.8 Å². The number of fused-ring (bicyclic) bond motifs is 1. The molecule has 156 valence electrons. The number of aromatic nitrogens is 1. The van der Waals surface area contributed by atoms with E-state index in [2.05, 4.69) is 10.5 Å². The van der Waals surface area contributed by atoms with Crippen LogP contribution in [0.25, 0.3) is 11.3 Å². The van der Waals surface area contributed by atoms with Gasteiger partial charge in [-0.05, 0) is 36.8 Å². The van der Waals surface area contributed by atoms with Gasteiger partial charge in [0.2, 0.25) is 6.79 Å². The summed E-state index contributed by atoms with van der Waals surface area (Å²) in [6, 6.07) is 9.98. The lowest BCUT2D eigenvalue weighted by Gasteiger charge is -2.26. The second-order valence-electron chi connectivity index (χ2n) is 7.69. The summed E-state index contributed by atoms with van der Waals surface area (Å²) in [5, 5.41) is 6.94. The number of halogens is 2. The van der Waals surface area contributed by atoms with Crippen LogP contribution in [0.5, 0.6) is 11.5 Å². The monoisotopic (exact) mass is 430 g/mol. The molecule has 30 heavy (non-hydrogen) atoms. The first-order valence-electron chi connectivity index (χ1n) is 9.37. The van der Waals surface area contributed by atoms with Crippen LogP contribution in [0.2, 0.25) is 5.02 Å². The van der Waals surface area contributed by atoms with Gasteiger partial charge in [-0.15, -0.1) is 0 Å². The number of benzene rings is 2. The molecule has 2 heterocycles. The van der Waals surface area contributed by atoms with Crippen molar-refractivity contribution in [2.45, 2.75) is 26.2 Å². The lowest BCUT2D eigenvalue weighted by atomic mass is 9.84. The fourth-order valence-electron chi connectivity index (χ4n) is 3.34. The third-order valence-electron chi connectivity index (χ3n) is 5.13. The van der Waals surface area contributed by atoms with Gasteiger partial charge < -0.3 is 19.3 Å². The summed E-state index contributed by atoms with van der Waals surface area (Å²) in [5.41, 5.74) is 0.845. The molecule has 0 bridgehead atoms. The van der Waals surface area contributed by atoms with Gasteiger partial charge in [0, 0.05) is 12.0 Å². The summed E-state index contributed by atoms with van der Waals surface area (Å²) in [7, 11) is 0. The maximum atomic E-state index is 14.4. The third-order valence-corrected chi connectivity index (χ3v) is 5.45. The van der Waals surface area contributed by atoms with Gasteiger partial charge in [-0.2, -0.15) is 0 Å². The van der Waals surface area contributed by atoms with Crippen LogP contribution in [0, 0.1) is 12.7 Å². The highest BCUT2D eigenvalue weighted by molar-refractivity contribution is 6.33. The zero-order valence-electron chi connectivity index (χ0n) is 16.7. The Morgan fingerprint density at radius 1 is 1.23 bits per heavy atom. The van der Waals surface area contributed by atoms with E-state index in [1.807, 2.05) is 32.0 Å². The normalized spacial score (nSPS) is 12.8. The molecule has 0 aliphatic carbocycles. The lowest BCUT2D eigenvalue weighted by Crippen LogP contribution is -2.37. The van der Waals surface area contributed by atoms with Crippen LogP contribution in [0.15, 0.2) is 40.9 Å². The quantitative estimate of drug-likeness (QED) is 0.624. The zero-order valence-corrected chi connectivity index (χ0v) is 17.5. The molecule has 0 spiro atoms. The Morgan fingerprint density at radius 3 is 2.77 bits per heavy atom. The van der Waals surface area contributed by atoms with Gasteiger partial charge in [0.1, 0.15) is 22.8 Å². The number of hydrogen-bond donors (Lipinski definition) is 1. The van der Waals surface area contributed by atoms with E-state index in [0.717, 1.165) is 5.56 Å². The van der Waals surface area contributed by atoms with Crippen molar-refractivity contribution in [1.29, 1.82) is 0 Å². The predicted molar refractivity (Wildman–Crippen MR) is 110 cm³/mol. The Kier molecular flexibility index (Phi) is 5.15. The summed E-state index contributed by atoms with van der Waals surface area (Å²) in [5.74, 6) is 0.661. The van der Waals surface area contributed by atoms with E-state index in [4.69, 9.17) is 25.6 Å². The molecule has 0 radical (unpaired) electrons. The smallest absolute Gasteiger partial charge is 0.257 e. The van der Waals surface area contributed by atoms with Crippen LogP contribution < -0.4 is 14.8 Å². The van der Waals surface area contributed by atoms with Gasteiger partial charge in [0.05, 0.1) is 10.6 Å². The lowest BCUT2D eigenvalue weighted by molar-refractivity contribution is 0.0944. The molecule has 6 nitrogen and oxygen atoms in total. The minimum Gasteiger partial charge on any atom is -0.454 e. The number of amides is 1. The molecule has 0 saturated carbocycles. The summed E-state index contributed by atoms with van der Waals surface area (Å²) in [6.45, 7) is 6.12. The van der Waals surface area contributed by atoms with E-state index in [0.29, 0.717) is 18.0 Å². The Hall–Kier alpha value is -3.06. The summed E-state index contributed by atoms with van der Waals surface area (Å²) in [6.07, 6.45) is 0. The zero-order chi connectivity index (χ0) is 21.5. The van der Waals surface area contributed by atoms with E-state index in [1.54, 1.807) is 6.92 Å². The molecule has 1 N–H and O–H groups in total. The number of ether oxygens (including phenoxy) is 2. The predicted octanol–water partition coefficient (Wildman–Crippen LogP) is 4.88. The minimum absolute atomic E-state index is 0.0381. The fourth-order valence-corrected chi connectivity index (χ4v) is 3.60. The van der Waals surface area contributed by atoms with Crippen molar-refractivity contribution in [3.63, 3.8) is 0 Å². The standard InChI is InChI=1S/C22H20ClFN2O4/c1-12-18(20(26-30-12)19-14(23)5-4-6-15(19)24)21(27)25-10-22(2,3)13-7-8-16-17(9-13)29-11-28-16/h4-9H,10-11H2,1-3H3,(H,25,27). The molecule has 1 aliphatic rings. The maximum absolute atomic E-state index is 14.4. The topological polar surface area (TPSA) is 73.6 Å². The summed E-state index contributed by atoms with van der Waals surface area (Å²) < 4.78 is 30.3. The van der Waals surface area contributed by atoms with Crippen molar-refractivity contribution in [2.75, 3.05) is 13.3 Å². The summed E-state index contributed by atoms with van der Waals surface area (Å²) in [4.78, 5) is 13.0. The number of carbonyl (C=O) groups is 1. The van der Waals surface area contributed by atoms with Crippen LogP contribution in [-0.2, 0) is 5.41 Å².